The number of phenolic OH excluding ortho intramolecular Hbond substituents is 1. The third kappa shape index (κ3) is 7.38. The molecule has 0 aromatic heterocycles. The number of phenols is 1. The monoisotopic (exact) mass is 566 g/mol. The van der Waals surface area contributed by atoms with E-state index in [9.17, 15) is 45.6 Å². The van der Waals surface area contributed by atoms with Crippen molar-refractivity contribution in [3.8, 4) is 11.5 Å². The molecule has 3 rings (SSSR count). The smallest absolute Gasteiger partial charge is 0.315 e. The molecule has 0 spiro atoms. The summed E-state index contributed by atoms with van der Waals surface area (Å²) >= 11 is 0. The molecule has 1 aliphatic heterocycles. The molecular weight excluding hydrogens is 528 g/mol. The van der Waals surface area contributed by atoms with Gasteiger partial charge in [-0.15, -0.1) is 0 Å². The van der Waals surface area contributed by atoms with E-state index >= 15 is 0 Å². The van der Waals surface area contributed by atoms with Crippen LogP contribution in [0.1, 0.15) is 28.4 Å². The van der Waals surface area contributed by atoms with Gasteiger partial charge in [0.25, 0.3) is 0 Å². The fourth-order valence-electron chi connectivity index (χ4n) is 4.34. The molecule has 0 bridgehead atoms. The molecule has 1 aliphatic rings. The van der Waals surface area contributed by atoms with Crippen LogP contribution in [-0.2, 0) is 11.2 Å². The lowest BCUT2D eigenvalue weighted by Crippen LogP contribution is -2.59. The topological polar surface area (TPSA) is 221 Å². The summed E-state index contributed by atoms with van der Waals surface area (Å²) in [6, 6.07) is 9.69. The number of carbonyl (C=O) groups excluding carboxylic acids is 1. The SMILES string of the molecule is Cc1cc(O)c(C2O[C@H](CO)[C@@H](O)[C@H](O)[C@H]2O)cc1Cc1ccc(OCCNC(=O)NC(CO)(CO)CO)cc1. The number of benzene rings is 2. The minimum absolute atomic E-state index is 0.124. The molecule has 0 saturated carbocycles. The lowest BCUT2D eigenvalue weighted by atomic mass is 9.88. The first-order chi connectivity index (χ1) is 19.1. The number of nitrogens with one attached hydrogen (secondary N) is 2. The molecule has 1 unspecified atom stereocenters. The van der Waals surface area contributed by atoms with Gasteiger partial charge in [0.15, 0.2) is 0 Å². The third-order valence-electron chi connectivity index (χ3n) is 6.94. The van der Waals surface area contributed by atoms with Gasteiger partial charge in [-0.25, -0.2) is 4.79 Å². The van der Waals surface area contributed by atoms with Gasteiger partial charge >= 0.3 is 6.03 Å². The second kappa shape index (κ2) is 14.1. The second-order valence-corrected chi connectivity index (χ2v) is 9.89. The van der Waals surface area contributed by atoms with Crippen molar-refractivity contribution in [2.24, 2.45) is 0 Å². The van der Waals surface area contributed by atoms with Crippen LogP contribution in [0, 0.1) is 6.92 Å². The van der Waals surface area contributed by atoms with Gasteiger partial charge in [0.2, 0.25) is 0 Å². The van der Waals surface area contributed by atoms with E-state index in [1.165, 1.54) is 6.07 Å². The van der Waals surface area contributed by atoms with Gasteiger partial charge in [0.05, 0.1) is 33.0 Å². The Balaban J connectivity index is 1.59. The van der Waals surface area contributed by atoms with Gasteiger partial charge in [-0.05, 0) is 54.3 Å². The van der Waals surface area contributed by atoms with Crippen molar-refractivity contribution in [3.05, 3.63) is 58.7 Å². The van der Waals surface area contributed by atoms with Crippen LogP contribution in [0.4, 0.5) is 4.79 Å². The van der Waals surface area contributed by atoms with E-state index < -0.39 is 68.5 Å². The van der Waals surface area contributed by atoms with E-state index in [0.29, 0.717) is 12.2 Å². The maximum Gasteiger partial charge on any atom is 0.315 e. The molecule has 13 heteroatoms. The molecular formula is C27H38N2O11. The minimum Gasteiger partial charge on any atom is -0.508 e. The zero-order valence-electron chi connectivity index (χ0n) is 22.1. The summed E-state index contributed by atoms with van der Waals surface area (Å²) in [5.74, 6) is 0.400. The van der Waals surface area contributed by atoms with Crippen LogP contribution in [-0.4, -0.2) is 116 Å². The van der Waals surface area contributed by atoms with E-state index in [1.54, 1.807) is 18.2 Å². The number of carbonyl (C=O) groups is 1. The van der Waals surface area contributed by atoms with Crippen molar-refractivity contribution in [2.75, 3.05) is 39.6 Å². The lowest BCUT2D eigenvalue weighted by Gasteiger charge is -2.40. The molecule has 2 amide bonds. The molecule has 40 heavy (non-hydrogen) atoms. The highest BCUT2D eigenvalue weighted by Gasteiger charge is 2.44. The van der Waals surface area contributed by atoms with Crippen LogP contribution < -0.4 is 15.4 Å². The Kier molecular flexibility index (Phi) is 11.1. The highest BCUT2D eigenvalue weighted by molar-refractivity contribution is 5.74. The fraction of sp³-hybridized carbons (Fsp3) is 0.519. The van der Waals surface area contributed by atoms with Crippen LogP contribution in [0.5, 0.6) is 11.5 Å². The maximum atomic E-state index is 11.9. The molecule has 1 heterocycles. The number of amides is 2. The van der Waals surface area contributed by atoms with Crippen molar-refractivity contribution in [1.82, 2.24) is 10.6 Å². The van der Waals surface area contributed by atoms with Crippen molar-refractivity contribution in [2.45, 2.75) is 49.4 Å². The van der Waals surface area contributed by atoms with Crippen molar-refractivity contribution >= 4 is 6.03 Å². The molecule has 2 aromatic rings. The Morgan fingerprint density at radius 1 is 0.975 bits per heavy atom. The Labute approximate surface area is 231 Å². The summed E-state index contributed by atoms with van der Waals surface area (Å²) in [5, 5.41) is 83.4. The first-order valence-corrected chi connectivity index (χ1v) is 12.8. The van der Waals surface area contributed by atoms with Crippen molar-refractivity contribution in [3.63, 3.8) is 0 Å². The number of rotatable bonds is 12. The number of hydrogen-bond acceptors (Lipinski definition) is 11. The quantitative estimate of drug-likeness (QED) is 0.129. The van der Waals surface area contributed by atoms with Crippen LogP contribution in [0.3, 0.4) is 0 Å². The normalized spacial score (nSPS) is 23.1. The van der Waals surface area contributed by atoms with E-state index in [4.69, 9.17) is 9.47 Å². The second-order valence-electron chi connectivity index (χ2n) is 9.89. The Bertz CT molecular complexity index is 1100. The number of aryl methyl sites for hydroxylation is 1. The molecule has 222 valence electrons. The highest BCUT2D eigenvalue weighted by atomic mass is 16.5. The zero-order valence-corrected chi connectivity index (χ0v) is 22.1. The molecule has 0 aliphatic carbocycles. The lowest BCUT2D eigenvalue weighted by molar-refractivity contribution is -0.232. The number of hydrogen-bond donors (Lipinski definition) is 10. The van der Waals surface area contributed by atoms with E-state index in [0.717, 1.165) is 16.7 Å². The van der Waals surface area contributed by atoms with Crippen LogP contribution in [0.2, 0.25) is 0 Å². The van der Waals surface area contributed by atoms with Crippen LogP contribution >= 0.6 is 0 Å². The number of aromatic hydroxyl groups is 1. The minimum atomic E-state index is -1.56. The Hall–Kier alpha value is -3.01. The molecule has 10 N–H and O–H groups in total. The summed E-state index contributed by atoms with van der Waals surface area (Å²) in [5.41, 5.74) is 1.21. The van der Waals surface area contributed by atoms with Gasteiger partial charge < -0.3 is 61.0 Å². The predicted molar refractivity (Wildman–Crippen MR) is 141 cm³/mol. The fourth-order valence-corrected chi connectivity index (χ4v) is 4.34. The largest absolute Gasteiger partial charge is 0.508 e. The molecule has 2 aromatic carbocycles. The standard InChI is InChI=1S/C27H38N2O11/c1-15-8-20(34)19(25-24(37)23(36)22(35)21(11-30)40-25)10-17(15)9-16-2-4-18(5-3-16)39-7-6-28-26(38)29-27(12-31,13-32)14-33/h2-5,8,10,21-25,30-37H,6-7,9,11-14H2,1H3,(H2,28,29,38)/t21-,22-,23+,24-,25?/m1/s1. The number of aliphatic hydroxyl groups is 7. The highest BCUT2D eigenvalue weighted by Crippen LogP contribution is 2.38. The summed E-state index contributed by atoms with van der Waals surface area (Å²) in [6.07, 6.45) is -6.38. The van der Waals surface area contributed by atoms with Crippen LogP contribution in [0.25, 0.3) is 0 Å². The van der Waals surface area contributed by atoms with E-state index in [-0.39, 0.29) is 24.5 Å². The number of aliphatic hydroxyl groups excluding tert-OH is 7. The molecule has 0 radical (unpaired) electrons. The van der Waals surface area contributed by atoms with Gasteiger partial charge in [-0.2, -0.15) is 0 Å². The van der Waals surface area contributed by atoms with Gasteiger partial charge in [-0.3, -0.25) is 0 Å². The average molecular weight is 567 g/mol. The van der Waals surface area contributed by atoms with Gasteiger partial charge in [-0.1, -0.05) is 12.1 Å². The summed E-state index contributed by atoms with van der Waals surface area (Å²) < 4.78 is 11.2. The number of urea groups is 1. The first kappa shape index (κ1) is 31.5. The van der Waals surface area contributed by atoms with E-state index in [1.807, 2.05) is 19.1 Å². The van der Waals surface area contributed by atoms with Crippen molar-refractivity contribution < 1.29 is 55.1 Å². The van der Waals surface area contributed by atoms with E-state index in [2.05, 4.69) is 10.6 Å². The third-order valence-corrected chi connectivity index (χ3v) is 6.94. The summed E-state index contributed by atoms with van der Waals surface area (Å²) in [7, 11) is 0. The molecule has 13 nitrogen and oxygen atoms in total. The van der Waals surface area contributed by atoms with Gasteiger partial charge in [0, 0.05) is 5.56 Å². The Morgan fingerprint density at radius 2 is 1.62 bits per heavy atom. The van der Waals surface area contributed by atoms with Gasteiger partial charge in [0.1, 0.15) is 54.2 Å². The molecule has 1 fully saturated rings. The zero-order chi connectivity index (χ0) is 29.4. The molecule has 5 atom stereocenters. The maximum absolute atomic E-state index is 11.9. The average Bonchev–Trinajstić information content (AvgIpc) is 2.95. The first-order valence-electron chi connectivity index (χ1n) is 12.8. The summed E-state index contributed by atoms with van der Waals surface area (Å²) in [6.45, 7) is -0.385. The molecule has 1 saturated heterocycles. The van der Waals surface area contributed by atoms with Crippen LogP contribution in [0.15, 0.2) is 36.4 Å². The predicted octanol–water partition coefficient (Wildman–Crippen LogP) is -1.80. The Morgan fingerprint density at radius 3 is 2.23 bits per heavy atom. The van der Waals surface area contributed by atoms with Crippen molar-refractivity contribution in [1.29, 1.82) is 0 Å². The number of ether oxygens (including phenoxy) is 2. The summed E-state index contributed by atoms with van der Waals surface area (Å²) in [4.78, 5) is 11.9.